The minimum atomic E-state index is -0.126. The maximum absolute atomic E-state index is 13.4. The van der Waals surface area contributed by atoms with Gasteiger partial charge in [-0.2, -0.15) is 0 Å². The molecule has 0 radical (unpaired) electrons. The fourth-order valence-corrected chi connectivity index (χ4v) is 4.95. The fourth-order valence-electron chi connectivity index (χ4n) is 4.95. The molecule has 0 N–H and O–H groups in total. The third-order valence-corrected chi connectivity index (χ3v) is 6.49. The molecular formula is C21H30N2O2. The Labute approximate surface area is 151 Å². The molecule has 4 nitrogen and oxygen atoms in total. The summed E-state index contributed by atoms with van der Waals surface area (Å²) in [5.74, 6) is 0.429. The molecule has 4 heteroatoms. The fraction of sp³-hybridized carbons (Fsp3) is 0.667. The third kappa shape index (κ3) is 3.34. The highest BCUT2D eigenvalue weighted by Gasteiger charge is 2.49. The lowest BCUT2D eigenvalue weighted by Gasteiger charge is -2.44. The summed E-state index contributed by atoms with van der Waals surface area (Å²) in [6.07, 6.45) is 5.26. The number of nitrogens with zero attached hydrogens (tertiary/aromatic N) is 2. The second kappa shape index (κ2) is 7.08. The van der Waals surface area contributed by atoms with Gasteiger partial charge >= 0.3 is 0 Å². The molecule has 3 aliphatic heterocycles. The van der Waals surface area contributed by atoms with E-state index in [2.05, 4.69) is 41.0 Å². The van der Waals surface area contributed by atoms with Gasteiger partial charge in [-0.1, -0.05) is 24.3 Å². The van der Waals surface area contributed by atoms with E-state index in [1.54, 1.807) is 0 Å². The number of piperidine rings is 1. The van der Waals surface area contributed by atoms with E-state index in [9.17, 15) is 4.79 Å². The van der Waals surface area contributed by atoms with Gasteiger partial charge in [0.1, 0.15) is 0 Å². The Morgan fingerprint density at radius 2 is 1.96 bits per heavy atom. The van der Waals surface area contributed by atoms with Gasteiger partial charge in [0.25, 0.3) is 0 Å². The highest BCUT2D eigenvalue weighted by atomic mass is 16.5. The summed E-state index contributed by atoms with van der Waals surface area (Å²) >= 11 is 0. The van der Waals surface area contributed by atoms with Gasteiger partial charge in [0, 0.05) is 38.9 Å². The normalized spacial score (nSPS) is 28.8. The van der Waals surface area contributed by atoms with Crippen LogP contribution in [-0.2, 0) is 16.1 Å². The Morgan fingerprint density at radius 3 is 2.76 bits per heavy atom. The highest BCUT2D eigenvalue weighted by molar-refractivity contribution is 5.84. The number of rotatable bonds is 3. The second-order valence-electron chi connectivity index (χ2n) is 8.11. The molecule has 0 aromatic heterocycles. The number of amides is 1. The molecule has 1 amide bonds. The van der Waals surface area contributed by atoms with E-state index < -0.39 is 0 Å². The van der Waals surface area contributed by atoms with Gasteiger partial charge in [0.2, 0.25) is 5.91 Å². The lowest BCUT2D eigenvalue weighted by Crippen LogP contribution is -2.54. The molecule has 1 aromatic carbocycles. The molecule has 0 saturated carbocycles. The van der Waals surface area contributed by atoms with Crippen LogP contribution in [0.3, 0.4) is 0 Å². The van der Waals surface area contributed by atoms with Crippen LogP contribution >= 0.6 is 0 Å². The van der Waals surface area contributed by atoms with E-state index >= 15 is 0 Å². The van der Waals surface area contributed by atoms with Crippen LogP contribution in [0.5, 0.6) is 0 Å². The van der Waals surface area contributed by atoms with Crippen molar-refractivity contribution in [3.05, 3.63) is 35.4 Å². The van der Waals surface area contributed by atoms with Crippen LogP contribution in [0.25, 0.3) is 0 Å². The van der Waals surface area contributed by atoms with Gasteiger partial charge in [-0.15, -0.1) is 0 Å². The summed E-state index contributed by atoms with van der Waals surface area (Å²) < 4.78 is 5.49. The van der Waals surface area contributed by atoms with Crippen molar-refractivity contribution in [3.63, 3.8) is 0 Å². The number of carbonyl (C=O) groups excluding carboxylic acids is 1. The monoisotopic (exact) mass is 342 g/mol. The molecule has 0 bridgehead atoms. The standard InChI is InChI=1S/C21H30N2O2/c1-17-5-2-3-6-18(17)15-22-12-10-21(16-22)9-4-11-23(20(21)24)19-7-13-25-14-8-19/h2-3,5-6,19H,4,7-16H2,1H3/t21-/m0/s1. The number of ether oxygens (including phenoxy) is 1. The molecule has 0 unspecified atom stereocenters. The molecule has 136 valence electrons. The molecule has 0 aliphatic carbocycles. The van der Waals surface area contributed by atoms with Crippen LogP contribution in [0.4, 0.5) is 0 Å². The summed E-state index contributed by atoms with van der Waals surface area (Å²) in [7, 11) is 0. The van der Waals surface area contributed by atoms with Crippen molar-refractivity contribution in [2.24, 2.45) is 5.41 Å². The van der Waals surface area contributed by atoms with E-state index in [4.69, 9.17) is 4.74 Å². The zero-order valence-corrected chi connectivity index (χ0v) is 15.4. The quantitative estimate of drug-likeness (QED) is 0.847. The van der Waals surface area contributed by atoms with E-state index in [-0.39, 0.29) is 5.41 Å². The molecule has 3 saturated heterocycles. The van der Waals surface area contributed by atoms with Gasteiger partial charge in [-0.05, 0) is 56.7 Å². The van der Waals surface area contributed by atoms with Crippen molar-refractivity contribution >= 4 is 5.91 Å². The highest BCUT2D eigenvalue weighted by Crippen LogP contribution is 2.41. The van der Waals surface area contributed by atoms with Crippen molar-refractivity contribution < 1.29 is 9.53 Å². The zero-order chi connectivity index (χ0) is 17.3. The largest absolute Gasteiger partial charge is 0.381 e. The van der Waals surface area contributed by atoms with Gasteiger partial charge in [-0.3, -0.25) is 9.69 Å². The predicted molar refractivity (Wildman–Crippen MR) is 98.3 cm³/mol. The van der Waals surface area contributed by atoms with Crippen LogP contribution in [0.2, 0.25) is 0 Å². The average Bonchev–Trinajstić information content (AvgIpc) is 3.04. The number of benzene rings is 1. The Bertz CT molecular complexity index is 626. The molecule has 1 spiro atoms. The van der Waals surface area contributed by atoms with Crippen molar-refractivity contribution in [3.8, 4) is 0 Å². The smallest absolute Gasteiger partial charge is 0.230 e. The number of hydrogen-bond acceptors (Lipinski definition) is 3. The first kappa shape index (κ1) is 17.0. The van der Waals surface area contributed by atoms with Crippen LogP contribution in [0.15, 0.2) is 24.3 Å². The summed E-state index contributed by atoms with van der Waals surface area (Å²) in [6.45, 7) is 7.69. The minimum absolute atomic E-state index is 0.126. The number of carbonyl (C=O) groups is 1. The summed E-state index contributed by atoms with van der Waals surface area (Å²) in [6, 6.07) is 9.02. The van der Waals surface area contributed by atoms with E-state index in [0.29, 0.717) is 11.9 Å². The first-order chi connectivity index (χ1) is 12.2. The van der Waals surface area contributed by atoms with Crippen molar-refractivity contribution in [2.75, 3.05) is 32.8 Å². The van der Waals surface area contributed by atoms with Gasteiger partial charge < -0.3 is 9.64 Å². The summed E-state index contributed by atoms with van der Waals surface area (Å²) in [5.41, 5.74) is 2.62. The number of aryl methyl sites for hydroxylation is 1. The van der Waals surface area contributed by atoms with Gasteiger partial charge in [0.15, 0.2) is 0 Å². The molecule has 4 rings (SSSR count). The first-order valence-corrected chi connectivity index (χ1v) is 9.84. The molecule has 3 aliphatic rings. The lowest BCUT2D eigenvalue weighted by atomic mass is 9.77. The van der Waals surface area contributed by atoms with Crippen LogP contribution in [-0.4, -0.2) is 54.6 Å². The van der Waals surface area contributed by atoms with Crippen molar-refractivity contribution in [2.45, 2.75) is 51.6 Å². The van der Waals surface area contributed by atoms with Crippen LogP contribution in [0, 0.1) is 12.3 Å². The van der Waals surface area contributed by atoms with Crippen molar-refractivity contribution in [1.82, 2.24) is 9.80 Å². The van der Waals surface area contributed by atoms with E-state index in [1.807, 2.05) is 0 Å². The Morgan fingerprint density at radius 1 is 1.16 bits per heavy atom. The maximum atomic E-state index is 13.4. The van der Waals surface area contributed by atoms with Crippen LogP contribution < -0.4 is 0 Å². The molecular weight excluding hydrogens is 312 g/mol. The minimum Gasteiger partial charge on any atom is -0.381 e. The molecule has 1 aromatic rings. The number of likely N-dealkylation sites (tertiary alicyclic amines) is 2. The molecule has 25 heavy (non-hydrogen) atoms. The number of hydrogen-bond donors (Lipinski definition) is 0. The average molecular weight is 342 g/mol. The molecule has 3 fully saturated rings. The lowest BCUT2D eigenvalue weighted by molar-refractivity contribution is -0.150. The van der Waals surface area contributed by atoms with E-state index in [0.717, 1.165) is 71.5 Å². The SMILES string of the molecule is Cc1ccccc1CN1CC[C@@]2(CCCN(C3CCOCC3)C2=O)C1. The second-order valence-corrected chi connectivity index (χ2v) is 8.11. The maximum Gasteiger partial charge on any atom is 0.230 e. The van der Waals surface area contributed by atoms with Crippen LogP contribution in [0.1, 0.15) is 43.2 Å². The molecule has 3 heterocycles. The predicted octanol–water partition coefficient (Wildman–Crippen LogP) is 2.99. The van der Waals surface area contributed by atoms with Gasteiger partial charge in [-0.25, -0.2) is 0 Å². The zero-order valence-electron chi connectivity index (χ0n) is 15.4. The van der Waals surface area contributed by atoms with E-state index in [1.165, 1.54) is 11.1 Å². The Balaban J connectivity index is 1.45. The Hall–Kier alpha value is -1.39. The first-order valence-electron chi connectivity index (χ1n) is 9.84. The van der Waals surface area contributed by atoms with Gasteiger partial charge in [0.05, 0.1) is 5.41 Å². The van der Waals surface area contributed by atoms with Crippen molar-refractivity contribution in [1.29, 1.82) is 0 Å². The third-order valence-electron chi connectivity index (χ3n) is 6.49. The summed E-state index contributed by atoms with van der Waals surface area (Å²) in [5, 5.41) is 0. The Kier molecular flexibility index (Phi) is 4.83. The topological polar surface area (TPSA) is 32.8 Å². The molecule has 1 atom stereocenters. The summed E-state index contributed by atoms with van der Waals surface area (Å²) in [4.78, 5) is 18.1.